The minimum Gasteiger partial charge on any atom is -0.392 e. The van der Waals surface area contributed by atoms with Crippen LogP contribution >= 0.6 is 0 Å². The summed E-state index contributed by atoms with van der Waals surface area (Å²) in [6.45, 7) is 10.9. The number of hydrogen-bond donors (Lipinski definition) is 1. The van der Waals surface area contributed by atoms with Crippen molar-refractivity contribution < 1.29 is 14.6 Å². The Morgan fingerprint density at radius 3 is 2.76 bits per heavy atom. The molecule has 3 heterocycles. The average Bonchev–Trinajstić information content (AvgIpc) is 3.57. The Morgan fingerprint density at radius 2 is 2.07 bits per heavy atom. The van der Waals surface area contributed by atoms with Crippen LogP contribution in [0, 0.1) is 25.2 Å². The van der Waals surface area contributed by atoms with Gasteiger partial charge in [0, 0.05) is 25.0 Å². The molecule has 158 valence electrons. The second kappa shape index (κ2) is 6.67. The van der Waals surface area contributed by atoms with Crippen LogP contribution in [0.1, 0.15) is 66.7 Å². The Kier molecular flexibility index (Phi) is 4.44. The van der Waals surface area contributed by atoms with Gasteiger partial charge in [-0.3, -0.25) is 4.79 Å². The van der Waals surface area contributed by atoms with Gasteiger partial charge in [-0.25, -0.2) is 4.98 Å². The van der Waals surface area contributed by atoms with Gasteiger partial charge in [0.25, 0.3) is 5.91 Å². The van der Waals surface area contributed by atoms with Gasteiger partial charge in [-0.1, -0.05) is 6.92 Å². The Balaban J connectivity index is 1.33. The lowest BCUT2D eigenvalue weighted by Gasteiger charge is -2.34. The molecular formula is C23H33N3O3. The van der Waals surface area contributed by atoms with Gasteiger partial charge in [-0.15, -0.1) is 0 Å². The van der Waals surface area contributed by atoms with Gasteiger partial charge in [-0.2, -0.15) is 0 Å². The average molecular weight is 400 g/mol. The fraction of sp³-hybridized carbons (Fsp3) is 0.739. The Hall–Kier alpha value is -1.66. The van der Waals surface area contributed by atoms with E-state index in [9.17, 15) is 9.90 Å². The molecule has 4 unspecified atom stereocenters. The van der Waals surface area contributed by atoms with Gasteiger partial charge in [-0.05, 0) is 63.0 Å². The first-order valence-corrected chi connectivity index (χ1v) is 11.1. The molecule has 1 saturated heterocycles. The van der Waals surface area contributed by atoms with Crippen LogP contribution in [0.5, 0.6) is 0 Å². The summed E-state index contributed by atoms with van der Waals surface area (Å²) >= 11 is 0. The summed E-state index contributed by atoms with van der Waals surface area (Å²) in [6, 6.07) is 0.523. The fourth-order valence-corrected chi connectivity index (χ4v) is 5.13. The highest BCUT2D eigenvalue weighted by molar-refractivity contribution is 6.00. The van der Waals surface area contributed by atoms with E-state index in [1.165, 1.54) is 19.3 Å². The van der Waals surface area contributed by atoms with Crippen LogP contribution in [0.3, 0.4) is 0 Å². The van der Waals surface area contributed by atoms with Crippen molar-refractivity contribution in [1.82, 2.24) is 9.88 Å². The van der Waals surface area contributed by atoms with E-state index < -0.39 is 6.10 Å². The van der Waals surface area contributed by atoms with Crippen LogP contribution in [0.15, 0.2) is 0 Å². The minimum atomic E-state index is -0.529. The smallest absolute Gasteiger partial charge is 0.256 e. The quantitative estimate of drug-likeness (QED) is 0.797. The number of ether oxygens (including phenoxy) is 1. The van der Waals surface area contributed by atoms with Crippen LogP contribution in [0.25, 0.3) is 0 Å². The zero-order valence-electron chi connectivity index (χ0n) is 18.1. The summed E-state index contributed by atoms with van der Waals surface area (Å²) in [4.78, 5) is 22.0. The van der Waals surface area contributed by atoms with E-state index in [-0.39, 0.29) is 5.91 Å². The van der Waals surface area contributed by atoms with E-state index in [1.807, 2.05) is 6.92 Å². The highest BCUT2D eigenvalue weighted by Gasteiger charge is 2.52. The Labute approximate surface area is 173 Å². The lowest BCUT2D eigenvalue weighted by atomic mass is 10.0. The summed E-state index contributed by atoms with van der Waals surface area (Å²) in [5.74, 6) is 1.67. The normalized spacial score (nSPS) is 30.2. The number of anilines is 1. The van der Waals surface area contributed by atoms with Crippen molar-refractivity contribution in [2.24, 2.45) is 11.3 Å². The van der Waals surface area contributed by atoms with Crippen molar-refractivity contribution in [1.29, 1.82) is 0 Å². The number of carbonyl (C=O) groups excluding carboxylic acids is 1. The number of aliphatic hydroxyl groups is 1. The number of carbonyl (C=O) groups is 1. The number of pyridine rings is 1. The molecule has 0 radical (unpaired) electrons. The molecular weight excluding hydrogens is 366 g/mol. The van der Waals surface area contributed by atoms with E-state index in [0.29, 0.717) is 36.6 Å². The molecule has 1 aromatic rings. The maximum Gasteiger partial charge on any atom is 0.256 e. The molecule has 2 aliphatic carbocycles. The zero-order valence-corrected chi connectivity index (χ0v) is 18.1. The number of amides is 1. The molecule has 6 heteroatoms. The van der Waals surface area contributed by atoms with E-state index in [2.05, 4.69) is 18.7 Å². The second-order valence-electron chi connectivity index (χ2n) is 10.2. The molecule has 3 fully saturated rings. The number of piperidine rings is 1. The summed E-state index contributed by atoms with van der Waals surface area (Å²) < 4.78 is 6.32. The van der Waals surface area contributed by atoms with Crippen molar-refractivity contribution in [3.63, 3.8) is 0 Å². The number of rotatable bonds is 6. The molecule has 4 aliphatic rings. The predicted molar refractivity (Wildman–Crippen MR) is 111 cm³/mol. The van der Waals surface area contributed by atoms with Crippen molar-refractivity contribution in [3.8, 4) is 0 Å². The van der Waals surface area contributed by atoms with E-state index in [0.717, 1.165) is 47.8 Å². The number of nitrogens with zero attached hydrogens (tertiary/aromatic N) is 3. The lowest BCUT2D eigenvalue weighted by molar-refractivity contribution is 0.00311. The predicted octanol–water partition coefficient (Wildman–Crippen LogP) is 2.82. The number of aromatic nitrogens is 1. The van der Waals surface area contributed by atoms with Crippen LogP contribution < -0.4 is 4.90 Å². The molecule has 1 amide bonds. The molecule has 29 heavy (non-hydrogen) atoms. The second-order valence-corrected chi connectivity index (χ2v) is 10.2. The van der Waals surface area contributed by atoms with Crippen LogP contribution in [0.2, 0.25) is 0 Å². The summed E-state index contributed by atoms with van der Waals surface area (Å²) in [7, 11) is 0. The summed E-state index contributed by atoms with van der Waals surface area (Å²) in [5.41, 5.74) is 4.22. The molecule has 2 aliphatic heterocycles. The van der Waals surface area contributed by atoms with E-state index in [1.54, 1.807) is 11.8 Å². The van der Waals surface area contributed by atoms with Gasteiger partial charge in [0.1, 0.15) is 5.82 Å². The van der Waals surface area contributed by atoms with Crippen LogP contribution in [0.4, 0.5) is 5.82 Å². The maximum absolute atomic E-state index is 12.8. The molecule has 0 spiro atoms. The molecule has 5 rings (SSSR count). The molecule has 1 aromatic heterocycles. The first-order valence-electron chi connectivity index (χ1n) is 11.1. The Bertz CT molecular complexity index is 848. The van der Waals surface area contributed by atoms with Gasteiger partial charge in [0.2, 0.25) is 0 Å². The number of fused-ring (bicyclic) bond motifs is 2. The van der Waals surface area contributed by atoms with Gasteiger partial charge < -0.3 is 19.6 Å². The topological polar surface area (TPSA) is 65.9 Å². The van der Waals surface area contributed by atoms with Crippen molar-refractivity contribution in [2.45, 2.75) is 78.2 Å². The van der Waals surface area contributed by atoms with Crippen molar-refractivity contribution in [2.75, 3.05) is 24.6 Å². The van der Waals surface area contributed by atoms with Gasteiger partial charge in [0.05, 0.1) is 36.6 Å². The standard InChI is InChI=1S/C23H33N3O3/c1-13(27)10-25-11-17-20(22(25)28)14(2)15(3)21(24-17)26-8-5-19(16-9-18(16)26)29-12-23(4)6-7-23/h13,16,18-19,27H,5-12H2,1-4H3. The third kappa shape index (κ3) is 3.34. The van der Waals surface area contributed by atoms with Crippen molar-refractivity contribution in [3.05, 3.63) is 22.4 Å². The third-order valence-electron chi connectivity index (χ3n) is 7.49. The fourth-order valence-electron chi connectivity index (χ4n) is 5.13. The lowest BCUT2D eigenvalue weighted by Crippen LogP contribution is -2.40. The number of β-amino-alcohol motifs (C(OH)–C–C–N with tert-alkyl or cyclic N) is 1. The SMILES string of the molecule is Cc1c(N2CCC(OCC3(C)CC3)C3CC32)nc2c(c1C)C(=O)N(CC(C)O)C2. The molecule has 4 atom stereocenters. The number of aliphatic hydroxyl groups excluding tert-OH is 1. The molecule has 0 aromatic carbocycles. The third-order valence-corrected chi connectivity index (χ3v) is 7.49. The van der Waals surface area contributed by atoms with Gasteiger partial charge in [0.15, 0.2) is 0 Å². The van der Waals surface area contributed by atoms with Gasteiger partial charge >= 0.3 is 0 Å². The first kappa shape index (κ1) is 19.3. The molecule has 2 saturated carbocycles. The van der Waals surface area contributed by atoms with Crippen LogP contribution in [-0.4, -0.2) is 58.8 Å². The first-order chi connectivity index (χ1) is 13.8. The number of hydrogen-bond acceptors (Lipinski definition) is 5. The zero-order chi connectivity index (χ0) is 20.5. The molecule has 0 bridgehead atoms. The molecule has 6 nitrogen and oxygen atoms in total. The summed E-state index contributed by atoms with van der Waals surface area (Å²) in [6.07, 6.45) is 4.73. The minimum absolute atomic E-state index is 0.00512. The monoisotopic (exact) mass is 399 g/mol. The van der Waals surface area contributed by atoms with E-state index >= 15 is 0 Å². The van der Waals surface area contributed by atoms with Crippen LogP contribution in [-0.2, 0) is 11.3 Å². The van der Waals surface area contributed by atoms with Crippen molar-refractivity contribution >= 4 is 11.7 Å². The largest absolute Gasteiger partial charge is 0.392 e. The van der Waals surface area contributed by atoms with E-state index in [4.69, 9.17) is 9.72 Å². The highest BCUT2D eigenvalue weighted by Crippen LogP contribution is 2.50. The maximum atomic E-state index is 12.8. The Morgan fingerprint density at radius 1 is 1.31 bits per heavy atom. The highest BCUT2D eigenvalue weighted by atomic mass is 16.5. The summed E-state index contributed by atoms with van der Waals surface area (Å²) in [5, 5.41) is 9.72. The molecule has 1 N–H and O–H groups in total.